The maximum absolute atomic E-state index is 14.4. The van der Waals surface area contributed by atoms with Gasteiger partial charge in [0.25, 0.3) is 0 Å². The molecule has 0 radical (unpaired) electrons. The summed E-state index contributed by atoms with van der Waals surface area (Å²) in [5, 5.41) is 12.9. The van der Waals surface area contributed by atoms with Gasteiger partial charge in [-0.3, -0.25) is 14.9 Å². The molecule has 2 aliphatic heterocycles. The van der Waals surface area contributed by atoms with Gasteiger partial charge in [0.1, 0.15) is 5.82 Å². The first kappa shape index (κ1) is 29.9. The van der Waals surface area contributed by atoms with Crippen LogP contribution in [0.4, 0.5) is 11.5 Å². The third-order valence-corrected chi connectivity index (χ3v) is 9.66. The topological polar surface area (TPSA) is 125 Å². The molecule has 12 heteroatoms. The van der Waals surface area contributed by atoms with Gasteiger partial charge in [0, 0.05) is 48.9 Å². The molecule has 0 bridgehead atoms. The molecule has 11 nitrogen and oxygen atoms in total. The number of amides is 1. The number of piperazine rings is 1. The number of rotatable bonds is 4. The van der Waals surface area contributed by atoms with Crippen molar-refractivity contribution in [1.82, 2.24) is 34.6 Å². The zero-order chi connectivity index (χ0) is 32.4. The van der Waals surface area contributed by atoms with E-state index in [1.165, 1.54) is 6.08 Å². The van der Waals surface area contributed by atoms with E-state index >= 15 is 0 Å². The van der Waals surface area contributed by atoms with Crippen LogP contribution in [0.15, 0.2) is 48.0 Å². The number of aromatic amines is 1. The van der Waals surface area contributed by atoms with Crippen LogP contribution in [0.5, 0.6) is 0 Å². The van der Waals surface area contributed by atoms with Crippen LogP contribution in [-0.4, -0.2) is 72.2 Å². The number of hydrogen-bond acceptors (Lipinski definition) is 8. The van der Waals surface area contributed by atoms with E-state index in [0.717, 1.165) is 33.3 Å². The Morgan fingerprint density at radius 2 is 1.96 bits per heavy atom. The zero-order valence-corrected chi connectivity index (χ0v) is 27.3. The van der Waals surface area contributed by atoms with Gasteiger partial charge in [-0.2, -0.15) is 10.1 Å². The highest BCUT2D eigenvalue weighted by atomic mass is 35.5. The molecule has 6 heterocycles. The summed E-state index contributed by atoms with van der Waals surface area (Å²) in [5.41, 5.74) is 6.19. The number of aryl methyl sites for hydroxylation is 2. The fourth-order valence-corrected chi connectivity index (χ4v) is 7.31. The van der Waals surface area contributed by atoms with Crippen molar-refractivity contribution in [2.24, 2.45) is 0 Å². The molecule has 0 aliphatic carbocycles. The van der Waals surface area contributed by atoms with Crippen molar-refractivity contribution in [3.8, 4) is 16.9 Å². The van der Waals surface area contributed by atoms with E-state index < -0.39 is 5.69 Å². The van der Waals surface area contributed by atoms with Crippen molar-refractivity contribution in [3.05, 3.63) is 75.6 Å². The van der Waals surface area contributed by atoms with Gasteiger partial charge in [0.05, 0.1) is 44.9 Å². The molecule has 1 amide bonds. The van der Waals surface area contributed by atoms with E-state index in [4.69, 9.17) is 26.6 Å². The van der Waals surface area contributed by atoms with E-state index in [1.54, 1.807) is 17.0 Å². The minimum absolute atomic E-state index is 0.0300. The molecule has 2 unspecified atom stereocenters. The van der Waals surface area contributed by atoms with Crippen LogP contribution in [0.2, 0.25) is 5.02 Å². The Morgan fingerprint density at radius 3 is 2.72 bits per heavy atom. The van der Waals surface area contributed by atoms with Crippen LogP contribution in [0.3, 0.4) is 0 Å². The van der Waals surface area contributed by atoms with Gasteiger partial charge < -0.3 is 15.1 Å². The van der Waals surface area contributed by atoms with Gasteiger partial charge in [-0.25, -0.2) is 14.3 Å². The van der Waals surface area contributed by atoms with Gasteiger partial charge in [-0.1, -0.05) is 38.1 Å². The quantitative estimate of drug-likeness (QED) is 0.247. The van der Waals surface area contributed by atoms with Gasteiger partial charge in [0.15, 0.2) is 5.65 Å². The standard InChI is InChI=1S/C34H36ClN9O2/c1-7-24(45)42-16-21-11-13-37-29-26-32(43(21)15-20(42)6)40-34(46)44(31-19(5)10-12-36-28(31)17(2)3)33(26)39-30(27(29)35)25-18(4)8-9-23-22(25)14-38-41-23/h7-10,12,14,17,20-21,37H,1,11,13,15-16H2,2-6H3,(H,38,41). The van der Waals surface area contributed by atoms with Gasteiger partial charge in [-0.15, -0.1) is 0 Å². The Hall–Kier alpha value is -4.77. The fraction of sp³-hybridized carbons (Fsp3) is 0.353. The first-order valence-electron chi connectivity index (χ1n) is 15.6. The number of carbonyl (C=O) groups is 1. The first-order valence-corrected chi connectivity index (χ1v) is 16.0. The molecule has 1 fully saturated rings. The average Bonchev–Trinajstić information content (AvgIpc) is 3.50. The Balaban J connectivity index is 1.60. The largest absolute Gasteiger partial charge is 0.383 e. The second-order valence-corrected chi connectivity index (χ2v) is 12.9. The number of halogens is 1. The number of nitrogens with one attached hydrogen (secondary N) is 2. The van der Waals surface area contributed by atoms with Crippen molar-refractivity contribution in [2.75, 3.05) is 29.9 Å². The summed E-state index contributed by atoms with van der Waals surface area (Å²) < 4.78 is 1.60. The van der Waals surface area contributed by atoms with Gasteiger partial charge in [-0.05, 0) is 62.4 Å². The molecule has 1 aromatic carbocycles. The number of hydrogen-bond donors (Lipinski definition) is 2. The first-order chi connectivity index (χ1) is 22.1. The third-order valence-electron chi connectivity index (χ3n) is 9.29. The lowest BCUT2D eigenvalue weighted by atomic mass is 9.98. The molecule has 0 spiro atoms. The molecule has 5 aromatic rings. The molecular weight excluding hydrogens is 602 g/mol. The van der Waals surface area contributed by atoms with Crippen molar-refractivity contribution in [2.45, 2.75) is 59.0 Å². The molecule has 1 saturated heterocycles. The molecule has 4 aromatic heterocycles. The highest BCUT2D eigenvalue weighted by Gasteiger charge is 2.38. The maximum Gasteiger partial charge on any atom is 0.355 e. The lowest BCUT2D eigenvalue weighted by molar-refractivity contribution is -0.128. The molecule has 236 valence electrons. The lowest BCUT2D eigenvalue weighted by Gasteiger charge is -2.46. The summed E-state index contributed by atoms with van der Waals surface area (Å²) in [6.07, 6.45) is 5.60. The lowest BCUT2D eigenvalue weighted by Crippen LogP contribution is -2.60. The predicted octanol–water partition coefficient (Wildman–Crippen LogP) is 5.52. The minimum Gasteiger partial charge on any atom is -0.383 e. The second kappa shape index (κ2) is 11.2. The van der Waals surface area contributed by atoms with Crippen LogP contribution in [0, 0.1) is 13.8 Å². The summed E-state index contributed by atoms with van der Waals surface area (Å²) in [6, 6.07) is 5.68. The average molecular weight is 638 g/mol. The summed E-state index contributed by atoms with van der Waals surface area (Å²) in [6.45, 7) is 15.4. The van der Waals surface area contributed by atoms with E-state index in [-0.39, 0.29) is 23.9 Å². The molecule has 46 heavy (non-hydrogen) atoms. The highest BCUT2D eigenvalue weighted by molar-refractivity contribution is 6.38. The number of benzene rings is 1. The predicted molar refractivity (Wildman–Crippen MR) is 182 cm³/mol. The number of pyridine rings is 2. The second-order valence-electron chi connectivity index (χ2n) is 12.6. The van der Waals surface area contributed by atoms with E-state index in [9.17, 15) is 9.59 Å². The summed E-state index contributed by atoms with van der Waals surface area (Å²) in [5.74, 6) is 0.428. The smallest absolute Gasteiger partial charge is 0.355 e. The molecule has 2 atom stereocenters. The zero-order valence-electron chi connectivity index (χ0n) is 26.6. The van der Waals surface area contributed by atoms with E-state index in [2.05, 4.69) is 40.8 Å². The minimum atomic E-state index is -0.456. The Bertz CT molecular complexity index is 2120. The maximum atomic E-state index is 14.4. The third kappa shape index (κ3) is 4.55. The number of carbonyl (C=O) groups excluding carboxylic acids is 1. The van der Waals surface area contributed by atoms with E-state index in [1.807, 2.05) is 43.9 Å². The summed E-state index contributed by atoms with van der Waals surface area (Å²) in [4.78, 5) is 46.0. The van der Waals surface area contributed by atoms with Crippen molar-refractivity contribution >= 4 is 50.9 Å². The van der Waals surface area contributed by atoms with Crippen molar-refractivity contribution in [3.63, 3.8) is 0 Å². The molecule has 2 aliphatic rings. The molecule has 2 N–H and O–H groups in total. The number of fused-ring (bicyclic) bond motifs is 3. The molecule has 7 rings (SSSR count). The highest BCUT2D eigenvalue weighted by Crippen LogP contribution is 2.45. The Kier molecular flexibility index (Phi) is 7.31. The van der Waals surface area contributed by atoms with Crippen LogP contribution < -0.4 is 15.9 Å². The van der Waals surface area contributed by atoms with Crippen LogP contribution in [0.1, 0.15) is 49.9 Å². The summed E-state index contributed by atoms with van der Waals surface area (Å²) >= 11 is 7.37. The van der Waals surface area contributed by atoms with Crippen molar-refractivity contribution in [1.29, 1.82) is 0 Å². The Labute approximate surface area is 271 Å². The van der Waals surface area contributed by atoms with Gasteiger partial charge in [0.2, 0.25) is 5.91 Å². The van der Waals surface area contributed by atoms with Crippen LogP contribution in [0.25, 0.3) is 38.9 Å². The van der Waals surface area contributed by atoms with Gasteiger partial charge >= 0.3 is 5.69 Å². The fourth-order valence-electron chi connectivity index (χ4n) is 7.01. The molecular formula is C34H36ClN9O2. The van der Waals surface area contributed by atoms with Crippen LogP contribution >= 0.6 is 11.6 Å². The monoisotopic (exact) mass is 637 g/mol. The number of aromatic nitrogens is 6. The number of anilines is 2. The normalized spacial score (nSPS) is 18.0. The molecule has 0 saturated carbocycles. The summed E-state index contributed by atoms with van der Waals surface area (Å²) in [7, 11) is 0. The SMILES string of the molecule is C=CC(=O)N1CC2CCNc3c(Cl)c(-c4c(C)ccc5[nH]ncc45)nc4c3c(nc(=O)n4-c3c(C)ccnc3C(C)C)N2CC1C. The number of H-pyrrole nitrogens is 1. The van der Waals surface area contributed by atoms with E-state index in [0.29, 0.717) is 65.0 Å². The van der Waals surface area contributed by atoms with Crippen LogP contribution in [-0.2, 0) is 4.79 Å². The number of nitrogens with zero attached hydrogens (tertiary/aromatic N) is 7. The Morgan fingerprint density at radius 1 is 1.15 bits per heavy atom. The van der Waals surface area contributed by atoms with Crippen molar-refractivity contribution < 1.29 is 4.79 Å².